The molecule has 0 aliphatic heterocycles. The number of hydrogen-bond acceptors (Lipinski definition) is 6. The minimum absolute atomic E-state index is 0.141. The van der Waals surface area contributed by atoms with Crippen molar-refractivity contribution in [1.82, 2.24) is 5.43 Å². The largest absolute Gasteiger partial charge is 0.494 e. The predicted molar refractivity (Wildman–Crippen MR) is 155 cm³/mol. The molecule has 0 saturated heterocycles. The normalized spacial score (nSPS) is 11.1. The topological polar surface area (TPSA) is 82.3 Å². The van der Waals surface area contributed by atoms with Gasteiger partial charge in [-0.3, -0.25) is 4.79 Å². The van der Waals surface area contributed by atoms with Crippen LogP contribution in [0.3, 0.4) is 0 Å². The van der Waals surface area contributed by atoms with E-state index in [-0.39, 0.29) is 12.4 Å². The van der Waals surface area contributed by atoms with E-state index in [1.807, 2.05) is 32.0 Å². The minimum atomic E-state index is -0.475. The molecule has 39 heavy (non-hydrogen) atoms. The number of carbonyl (C=O) groups is 1. The molecular weight excluding hydrogens is 539 g/mol. The van der Waals surface area contributed by atoms with Crippen molar-refractivity contribution in [3.8, 4) is 17.2 Å². The highest BCUT2D eigenvalue weighted by Gasteiger charge is 2.15. The smallest absolute Gasteiger partial charge is 0.307 e. The van der Waals surface area contributed by atoms with E-state index in [1.165, 1.54) is 6.21 Å². The first-order valence-corrected chi connectivity index (χ1v) is 13.1. The summed E-state index contributed by atoms with van der Waals surface area (Å²) in [5, 5.41) is 5.96. The molecule has 7 nitrogen and oxygen atoms in total. The van der Waals surface area contributed by atoms with Crippen molar-refractivity contribution in [2.24, 2.45) is 5.10 Å². The van der Waals surface area contributed by atoms with Crippen LogP contribution in [0.25, 0.3) is 11.0 Å². The number of hydrogen-bond donors (Lipinski definition) is 1. The van der Waals surface area contributed by atoms with Gasteiger partial charge in [0.1, 0.15) is 17.9 Å². The molecule has 0 fully saturated rings. The maximum absolute atomic E-state index is 12.6. The molecule has 1 heterocycles. The number of benzene rings is 3. The number of hydrazone groups is 1. The van der Waals surface area contributed by atoms with E-state index in [9.17, 15) is 4.79 Å². The second-order valence-electron chi connectivity index (χ2n) is 8.40. The quantitative estimate of drug-likeness (QED) is 0.108. The fourth-order valence-corrected chi connectivity index (χ4v) is 4.35. The number of allylic oxidation sites excluding steroid dienone is 1. The molecule has 0 aliphatic rings. The van der Waals surface area contributed by atoms with Crippen molar-refractivity contribution in [3.05, 3.63) is 99.7 Å². The standard InChI is InChI=1S/C30H28Cl2N2O5/c1-4-7-20-12-19(13-27(37-6-3)29(20)38-18-21-8-9-23(31)16-25(21)32)17-33-34-30(35)28-15-22-14-24(36-5-2)10-11-26(22)39-28/h4,8-17H,1,5-7,18H2,2-3H3,(H,34,35)/b33-17+. The fourth-order valence-electron chi connectivity index (χ4n) is 3.89. The molecule has 0 bridgehead atoms. The predicted octanol–water partition coefficient (Wildman–Crippen LogP) is 7.61. The van der Waals surface area contributed by atoms with Crippen molar-refractivity contribution < 1.29 is 23.4 Å². The van der Waals surface area contributed by atoms with E-state index < -0.39 is 5.91 Å². The lowest BCUT2D eigenvalue weighted by molar-refractivity contribution is 0.0929. The first-order valence-electron chi connectivity index (χ1n) is 12.4. The third kappa shape index (κ3) is 7.13. The summed E-state index contributed by atoms with van der Waals surface area (Å²) < 4.78 is 23.2. The summed E-state index contributed by atoms with van der Waals surface area (Å²) in [7, 11) is 0. The molecule has 0 aliphatic carbocycles. The first-order chi connectivity index (χ1) is 18.9. The number of nitrogens with one attached hydrogen (secondary N) is 1. The number of fused-ring (bicyclic) bond motifs is 1. The number of carbonyl (C=O) groups excluding carboxylic acids is 1. The molecule has 9 heteroatoms. The highest BCUT2D eigenvalue weighted by atomic mass is 35.5. The second kappa shape index (κ2) is 13.2. The van der Waals surface area contributed by atoms with E-state index in [4.69, 9.17) is 41.8 Å². The van der Waals surface area contributed by atoms with Crippen LogP contribution >= 0.6 is 23.2 Å². The Labute approximate surface area is 237 Å². The summed E-state index contributed by atoms with van der Waals surface area (Å²) in [6.45, 7) is 8.86. The van der Waals surface area contributed by atoms with Crippen LogP contribution < -0.4 is 19.6 Å². The minimum Gasteiger partial charge on any atom is -0.494 e. The molecule has 0 saturated carbocycles. The molecule has 0 spiro atoms. The van der Waals surface area contributed by atoms with Crippen LogP contribution in [0.4, 0.5) is 0 Å². The van der Waals surface area contributed by atoms with Gasteiger partial charge in [0.2, 0.25) is 0 Å². The molecule has 0 radical (unpaired) electrons. The van der Waals surface area contributed by atoms with Crippen molar-refractivity contribution >= 4 is 46.3 Å². The second-order valence-corrected chi connectivity index (χ2v) is 9.24. The number of halogens is 2. The summed E-state index contributed by atoms with van der Waals surface area (Å²) in [4.78, 5) is 12.6. The number of furan rings is 1. The average molecular weight is 567 g/mol. The molecule has 0 atom stereocenters. The van der Waals surface area contributed by atoms with E-state index in [2.05, 4.69) is 17.1 Å². The lowest BCUT2D eigenvalue weighted by atomic mass is 10.1. The molecule has 3 aromatic carbocycles. The number of amides is 1. The Morgan fingerprint density at radius 2 is 1.82 bits per heavy atom. The summed E-state index contributed by atoms with van der Waals surface area (Å²) >= 11 is 12.3. The summed E-state index contributed by atoms with van der Waals surface area (Å²) in [6.07, 6.45) is 3.83. The van der Waals surface area contributed by atoms with Crippen LogP contribution in [0, 0.1) is 0 Å². The molecule has 202 valence electrons. The van der Waals surface area contributed by atoms with Gasteiger partial charge in [-0.05, 0) is 74.4 Å². The van der Waals surface area contributed by atoms with Crippen molar-refractivity contribution in [2.45, 2.75) is 26.9 Å². The van der Waals surface area contributed by atoms with Gasteiger partial charge in [0, 0.05) is 26.6 Å². The van der Waals surface area contributed by atoms with Gasteiger partial charge in [-0.2, -0.15) is 5.10 Å². The van der Waals surface area contributed by atoms with E-state index in [1.54, 1.807) is 42.5 Å². The Bertz CT molecular complexity index is 1510. The van der Waals surface area contributed by atoms with Crippen LogP contribution in [-0.2, 0) is 13.0 Å². The number of nitrogens with zero attached hydrogens (tertiary/aromatic N) is 1. The Morgan fingerprint density at radius 3 is 2.56 bits per heavy atom. The lowest BCUT2D eigenvalue weighted by Crippen LogP contribution is -2.16. The van der Waals surface area contributed by atoms with Crippen molar-refractivity contribution in [1.29, 1.82) is 0 Å². The van der Waals surface area contributed by atoms with Gasteiger partial charge in [0.05, 0.1) is 19.4 Å². The van der Waals surface area contributed by atoms with Crippen LogP contribution in [0.1, 0.15) is 41.1 Å². The summed E-state index contributed by atoms with van der Waals surface area (Å²) in [5.41, 5.74) is 5.44. The van der Waals surface area contributed by atoms with Crippen LogP contribution in [0.2, 0.25) is 10.0 Å². The van der Waals surface area contributed by atoms with E-state index in [0.29, 0.717) is 58.1 Å². The van der Waals surface area contributed by atoms with Crippen LogP contribution in [0.5, 0.6) is 17.2 Å². The molecular formula is C30H28Cl2N2O5. The third-order valence-electron chi connectivity index (χ3n) is 5.61. The zero-order valence-electron chi connectivity index (χ0n) is 21.6. The Hall–Kier alpha value is -3.94. The summed E-state index contributed by atoms with van der Waals surface area (Å²) in [5.74, 6) is 1.49. The monoisotopic (exact) mass is 566 g/mol. The lowest BCUT2D eigenvalue weighted by Gasteiger charge is -2.17. The highest BCUT2D eigenvalue weighted by Crippen LogP contribution is 2.35. The molecule has 4 rings (SSSR count). The first kappa shape index (κ1) is 28.1. The van der Waals surface area contributed by atoms with Gasteiger partial charge >= 0.3 is 5.91 Å². The summed E-state index contributed by atoms with van der Waals surface area (Å²) in [6, 6.07) is 16.0. The molecule has 1 aromatic heterocycles. The van der Waals surface area contributed by atoms with E-state index in [0.717, 1.165) is 16.5 Å². The van der Waals surface area contributed by atoms with Gasteiger partial charge < -0.3 is 18.6 Å². The van der Waals surface area contributed by atoms with Crippen molar-refractivity contribution in [2.75, 3.05) is 13.2 Å². The van der Waals surface area contributed by atoms with E-state index >= 15 is 0 Å². The average Bonchev–Trinajstić information content (AvgIpc) is 3.33. The highest BCUT2D eigenvalue weighted by molar-refractivity contribution is 6.35. The molecule has 1 amide bonds. The van der Waals surface area contributed by atoms with Crippen LogP contribution in [-0.4, -0.2) is 25.3 Å². The Balaban J connectivity index is 1.51. The van der Waals surface area contributed by atoms with Gasteiger partial charge in [-0.25, -0.2) is 5.43 Å². The van der Waals surface area contributed by atoms with Crippen LogP contribution in [0.15, 0.2) is 76.8 Å². The maximum atomic E-state index is 12.6. The molecule has 0 unspecified atom stereocenters. The van der Waals surface area contributed by atoms with Gasteiger partial charge in [-0.1, -0.05) is 35.3 Å². The van der Waals surface area contributed by atoms with Gasteiger partial charge in [-0.15, -0.1) is 6.58 Å². The number of rotatable bonds is 12. The zero-order valence-corrected chi connectivity index (χ0v) is 23.1. The molecule has 4 aromatic rings. The third-order valence-corrected chi connectivity index (χ3v) is 6.19. The Kier molecular flexibility index (Phi) is 9.52. The molecule has 1 N–H and O–H groups in total. The maximum Gasteiger partial charge on any atom is 0.307 e. The fraction of sp³-hybridized carbons (Fsp3) is 0.200. The SMILES string of the molecule is C=CCc1cc(/C=N/NC(=O)c2cc3cc(OCC)ccc3o2)cc(OCC)c1OCc1ccc(Cl)cc1Cl. The van der Waals surface area contributed by atoms with Gasteiger partial charge in [0.15, 0.2) is 17.3 Å². The number of ether oxygens (including phenoxy) is 3. The zero-order chi connectivity index (χ0) is 27.8. The van der Waals surface area contributed by atoms with Gasteiger partial charge in [0.25, 0.3) is 0 Å². The Morgan fingerprint density at radius 1 is 1.00 bits per heavy atom. The van der Waals surface area contributed by atoms with Crippen molar-refractivity contribution in [3.63, 3.8) is 0 Å².